The van der Waals surface area contributed by atoms with E-state index in [1.807, 2.05) is 18.2 Å². The maximum absolute atomic E-state index is 6.26. The normalized spacial score (nSPS) is 11.2. The van der Waals surface area contributed by atoms with E-state index in [0.29, 0.717) is 0 Å². The van der Waals surface area contributed by atoms with Crippen molar-refractivity contribution in [3.05, 3.63) is 176 Å². The molecular weight excluding hydrogens is 534 g/mol. The topological polar surface area (TPSA) is 16.4 Å². The van der Waals surface area contributed by atoms with Crippen molar-refractivity contribution in [1.29, 1.82) is 0 Å². The van der Waals surface area contributed by atoms with Crippen LogP contribution in [0, 0.1) is 0 Å². The minimum Gasteiger partial charge on any atom is -0.456 e. The Morgan fingerprint density at radius 3 is 1.75 bits per heavy atom. The highest BCUT2D eigenvalue weighted by molar-refractivity contribution is 5.97. The first-order valence-electron chi connectivity index (χ1n) is 14.9. The number of furan rings is 1. The van der Waals surface area contributed by atoms with Gasteiger partial charge in [-0.15, -0.1) is 0 Å². The number of rotatable bonds is 6. The monoisotopic (exact) mass is 563 g/mol. The summed E-state index contributed by atoms with van der Waals surface area (Å²) in [5.74, 6) is 0.858. The molecule has 0 spiro atoms. The number of hydrogen-bond acceptors (Lipinski definition) is 2. The van der Waals surface area contributed by atoms with Crippen molar-refractivity contribution in [2.45, 2.75) is 0 Å². The van der Waals surface area contributed by atoms with Gasteiger partial charge in [0, 0.05) is 28.0 Å². The second kappa shape index (κ2) is 11.1. The third-order valence-electron chi connectivity index (χ3n) is 8.25. The van der Waals surface area contributed by atoms with E-state index < -0.39 is 0 Å². The van der Waals surface area contributed by atoms with E-state index in [-0.39, 0.29) is 0 Å². The van der Waals surface area contributed by atoms with Gasteiger partial charge in [-0.3, -0.25) is 0 Å². The van der Waals surface area contributed by atoms with Crippen LogP contribution >= 0.6 is 0 Å². The maximum atomic E-state index is 6.26. The van der Waals surface area contributed by atoms with Crippen LogP contribution < -0.4 is 4.90 Å². The lowest BCUT2D eigenvalue weighted by molar-refractivity contribution is 0.631. The quantitative estimate of drug-likeness (QED) is 0.200. The van der Waals surface area contributed by atoms with E-state index >= 15 is 0 Å². The van der Waals surface area contributed by atoms with Gasteiger partial charge in [0.25, 0.3) is 0 Å². The van der Waals surface area contributed by atoms with Crippen LogP contribution in [0.2, 0.25) is 0 Å². The molecule has 0 aliphatic rings. The average Bonchev–Trinajstić information content (AvgIpc) is 3.54. The van der Waals surface area contributed by atoms with Gasteiger partial charge >= 0.3 is 0 Å². The smallest absolute Gasteiger partial charge is 0.135 e. The van der Waals surface area contributed by atoms with Crippen molar-refractivity contribution in [3.63, 3.8) is 0 Å². The van der Waals surface area contributed by atoms with Gasteiger partial charge in [0.05, 0.1) is 0 Å². The first-order valence-corrected chi connectivity index (χ1v) is 14.9. The first kappa shape index (κ1) is 25.8. The lowest BCUT2D eigenvalue weighted by Crippen LogP contribution is -2.10. The molecular formula is C42H29NO. The van der Waals surface area contributed by atoms with Gasteiger partial charge in [0.1, 0.15) is 11.3 Å². The zero-order valence-electron chi connectivity index (χ0n) is 24.1. The fraction of sp³-hybridized carbons (Fsp3) is 0. The van der Waals surface area contributed by atoms with Crippen LogP contribution in [0.25, 0.3) is 55.3 Å². The van der Waals surface area contributed by atoms with Gasteiger partial charge in [-0.05, 0) is 81.6 Å². The average molecular weight is 564 g/mol. The number of fused-ring (bicyclic) bond motifs is 2. The molecule has 2 heteroatoms. The number of nitrogens with zero attached hydrogens (tertiary/aromatic N) is 1. The highest BCUT2D eigenvalue weighted by Crippen LogP contribution is 2.40. The Labute approximate surface area is 257 Å². The molecule has 1 aromatic heterocycles. The van der Waals surface area contributed by atoms with Crippen LogP contribution in [-0.4, -0.2) is 0 Å². The molecule has 0 N–H and O–H groups in total. The molecule has 0 aliphatic carbocycles. The van der Waals surface area contributed by atoms with E-state index in [0.717, 1.165) is 39.4 Å². The van der Waals surface area contributed by atoms with E-state index in [1.54, 1.807) is 0 Å². The predicted octanol–water partition coefficient (Wildman–Crippen LogP) is 12.1. The highest BCUT2D eigenvalue weighted by atomic mass is 16.3. The van der Waals surface area contributed by atoms with Crippen molar-refractivity contribution in [2.24, 2.45) is 0 Å². The van der Waals surface area contributed by atoms with Gasteiger partial charge in [-0.2, -0.15) is 0 Å². The molecule has 208 valence electrons. The molecule has 7 aromatic carbocycles. The van der Waals surface area contributed by atoms with Crippen LogP contribution in [0.5, 0.6) is 0 Å². The lowest BCUT2D eigenvalue weighted by atomic mass is 9.97. The summed E-state index contributed by atoms with van der Waals surface area (Å²) in [6, 6.07) is 62.2. The second-order valence-corrected chi connectivity index (χ2v) is 11.0. The Balaban J connectivity index is 1.26. The fourth-order valence-electron chi connectivity index (χ4n) is 6.09. The van der Waals surface area contributed by atoms with Crippen molar-refractivity contribution in [2.75, 3.05) is 4.90 Å². The molecule has 0 bridgehead atoms. The Hall–Kier alpha value is -5.86. The zero-order chi connectivity index (χ0) is 29.3. The first-order chi connectivity index (χ1) is 21.8. The van der Waals surface area contributed by atoms with Gasteiger partial charge < -0.3 is 9.32 Å². The molecule has 0 amide bonds. The van der Waals surface area contributed by atoms with Crippen LogP contribution in [0.4, 0.5) is 17.1 Å². The molecule has 0 radical (unpaired) electrons. The van der Waals surface area contributed by atoms with Gasteiger partial charge in [0.2, 0.25) is 0 Å². The van der Waals surface area contributed by atoms with Gasteiger partial charge in [0.15, 0.2) is 0 Å². The van der Waals surface area contributed by atoms with Crippen LogP contribution in [0.1, 0.15) is 0 Å². The summed E-state index contributed by atoms with van der Waals surface area (Å²) in [4.78, 5) is 2.33. The summed E-state index contributed by atoms with van der Waals surface area (Å²) >= 11 is 0. The molecule has 0 saturated heterocycles. The van der Waals surface area contributed by atoms with Crippen molar-refractivity contribution >= 4 is 38.8 Å². The zero-order valence-corrected chi connectivity index (χ0v) is 24.1. The Morgan fingerprint density at radius 1 is 0.364 bits per heavy atom. The third kappa shape index (κ3) is 4.83. The molecule has 8 rings (SSSR count). The Kier molecular flexibility index (Phi) is 6.51. The number of hydrogen-bond donors (Lipinski definition) is 0. The van der Waals surface area contributed by atoms with Crippen LogP contribution in [0.3, 0.4) is 0 Å². The standard InChI is InChI=1S/C42H29NO/c1-2-11-30(12-3-1)31-23-25-36(26-24-31)43(38-19-9-17-34(28-38)42-29-35-14-5-7-22-41(35)44-42)37-18-8-16-33(27-37)40-21-10-15-32-13-4-6-20-39(32)40/h1-29H. The minimum absolute atomic E-state index is 0.858. The van der Waals surface area contributed by atoms with E-state index in [9.17, 15) is 0 Å². The summed E-state index contributed by atoms with van der Waals surface area (Å²) in [7, 11) is 0. The molecule has 44 heavy (non-hydrogen) atoms. The van der Waals surface area contributed by atoms with Crippen molar-refractivity contribution < 1.29 is 4.42 Å². The number of anilines is 3. The van der Waals surface area contributed by atoms with Gasteiger partial charge in [-0.1, -0.05) is 127 Å². The Bertz CT molecular complexity index is 2190. The van der Waals surface area contributed by atoms with Crippen LogP contribution in [0.15, 0.2) is 180 Å². The van der Waals surface area contributed by atoms with E-state index in [2.05, 4.69) is 163 Å². The lowest BCUT2D eigenvalue weighted by Gasteiger charge is -2.26. The minimum atomic E-state index is 0.858. The second-order valence-electron chi connectivity index (χ2n) is 11.0. The molecule has 0 unspecified atom stereocenters. The van der Waals surface area contributed by atoms with E-state index in [4.69, 9.17) is 4.42 Å². The molecule has 0 fully saturated rings. The van der Waals surface area contributed by atoms with Crippen LogP contribution in [-0.2, 0) is 0 Å². The molecule has 0 atom stereocenters. The molecule has 0 aliphatic heterocycles. The summed E-state index contributed by atoms with van der Waals surface area (Å²) in [5.41, 5.74) is 9.96. The summed E-state index contributed by atoms with van der Waals surface area (Å²) in [6.45, 7) is 0. The number of para-hydroxylation sites is 1. The Morgan fingerprint density at radius 2 is 0.955 bits per heavy atom. The molecule has 8 aromatic rings. The largest absolute Gasteiger partial charge is 0.456 e. The molecule has 2 nitrogen and oxygen atoms in total. The summed E-state index contributed by atoms with van der Waals surface area (Å²) in [5, 5.41) is 3.59. The van der Waals surface area contributed by atoms with E-state index in [1.165, 1.54) is 33.0 Å². The summed E-state index contributed by atoms with van der Waals surface area (Å²) < 4.78 is 6.26. The SMILES string of the molecule is c1ccc(-c2ccc(N(c3cccc(-c4cc5ccccc5o4)c3)c3cccc(-c4cccc5ccccc45)c3)cc2)cc1. The molecule has 0 saturated carbocycles. The van der Waals surface area contributed by atoms with Crippen molar-refractivity contribution in [3.8, 4) is 33.6 Å². The summed E-state index contributed by atoms with van der Waals surface area (Å²) in [6.07, 6.45) is 0. The van der Waals surface area contributed by atoms with Gasteiger partial charge in [-0.25, -0.2) is 0 Å². The van der Waals surface area contributed by atoms with Crippen molar-refractivity contribution in [1.82, 2.24) is 0 Å². The third-order valence-corrected chi connectivity index (χ3v) is 8.25. The predicted molar refractivity (Wildman–Crippen MR) is 185 cm³/mol. The molecule has 1 heterocycles. The number of benzene rings is 7. The fourth-order valence-corrected chi connectivity index (χ4v) is 6.09. The maximum Gasteiger partial charge on any atom is 0.135 e. The highest BCUT2D eigenvalue weighted by Gasteiger charge is 2.16.